The minimum atomic E-state index is -0.325. The molecule has 0 N–H and O–H groups in total. The molecule has 0 heterocycles. The minimum Gasteiger partial charge on any atom is -0.493 e. The molecular formula is C16H14BrFO2. The Kier molecular flexibility index (Phi) is 5.30. The van der Waals surface area contributed by atoms with Gasteiger partial charge in [0.15, 0.2) is 0 Å². The van der Waals surface area contributed by atoms with E-state index in [0.717, 1.165) is 11.3 Å². The maximum atomic E-state index is 13.1. The van der Waals surface area contributed by atoms with Crippen LogP contribution in [-0.2, 0) is 11.2 Å². The summed E-state index contributed by atoms with van der Waals surface area (Å²) in [6.45, 7) is 0.352. The first-order valence-electron chi connectivity index (χ1n) is 6.28. The SMILES string of the molecule is O=C(CCOc1ccccc1)Cc1ccc(F)c(Br)c1. The van der Waals surface area contributed by atoms with Crippen LogP contribution in [0.15, 0.2) is 53.0 Å². The van der Waals surface area contributed by atoms with Crippen LogP contribution in [-0.4, -0.2) is 12.4 Å². The quantitative estimate of drug-likeness (QED) is 0.791. The number of benzene rings is 2. The number of halogens is 2. The molecule has 2 aromatic carbocycles. The Hall–Kier alpha value is -1.68. The fraction of sp³-hybridized carbons (Fsp3) is 0.188. The molecular weight excluding hydrogens is 323 g/mol. The zero-order chi connectivity index (χ0) is 14.4. The van der Waals surface area contributed by atoms with Crippen LogP contribution >= 0.6 is 15.9 Å². The Balaban J connectivity index is 1.79. The Morgan fingerprint density at radius 1 is 1.15 bits per heavy atom. The first-order valence-corrected chi connectivity index (χ1v) is 7.08. The van der Waals surface area contributed by atoms with Crippen molar-refractivity contribution in [2.45, 2.75) is 12.8 Å². The lowest BCUT2D eigenvalue weighted by Crippen LogP contribution is -2.09. The predicted molar refractivity (Wildman–Crippen MR) is 79.4 cm³/mol. The third-order valence-corrected chi connectivity index (χ3v) is 3.39. The normalized spacial score (nSPS) is 10.3. The zero-order valence-corrected chi connectivity index (χ0v) is 12.4. The molecule has 0 radical (unpaired) electrons. The fourth-order valence-corrected chi connectivity index (χ4v) is 2.19. The highest BCUT2D eigenvalue weighted by Gasteiger charge is 2.06. The van der Waals surface area contributed by atoms with Crippen LogP contribution in [0, 0.1) is 5.82 Å². The van der Waals surface area contributed by atoms with Crippen molar-refractivity contribution in [1.82, 2.24) is 0 Å². The maximum absolute atomic E-state index is 13.1. The van der Waals surface area contributed by atoms with Crippen LogP contribution in [0.1, 0.15) is 12.0 Å². The lowest BCUT2D eigenvalue weighted by molar-refractivity contribution is -0.118. The van der Waals surface area contributed by atoms with Crippen molar-refractivity contribution in [1.29, 1.82) is 0 Å². The van der Waals surface area contributed by atoms with Crippen LogP contribution in [0.5, 0.6) is 5.75 Å². The van der Waals surface area contributed by atoms with Gasteiger partial charge in [0.1, 0.15) is 17.3 Å². The van der Waals surface area contributed by atoms with Gasteiger partial charge in [-0.15, -0.1) is 0 Å². The van der Waals surface area contributed by atoms with Gasteiger partial charge in [-0.1, -0.05) is 24.3 Å². The number of rotatable bonds is 6. The molecule has 104 valence electrons. The van der Waals surface area contributed by atoms with E-state index in [9.17, 15) is 9.18 Å². The molecule has 0 aliphatic carbocycles. The molecule has 0 saturated heterocycles. The Bertz CT molecular complexity index is 584. The second-order valence-corrected chi connectivity index (χ2v) is 5.23. The number of para-hydroxylation sites is 1. The summed E-state index contributed by atoms with van der Waals surface area (Å²) in [5.41, 5.74) is 0.794. The summed E-state index contributed by atoms with van der Waals surface area (Å²) in [5.74, 6) is 0.498. The molecule has 2 nitrogen and oxygen atoms in total. The molecule has 0 aromatic heterocycles. The highest BCUT2D eigenvalue weighted by atomic mass is 79.9. The molecule has 0 bridgehead atoms. The van der Waals surface area contributed by atoms with Gasteiger partial charge in [0, 0.05) is 12.8 Å². The fourth-order valence-electron chi connectivity index (χ4n) is 1.77. The Morgan fingerprint density at radius 3 is 2.60 bits per heavy atom. The summed E-state index contributed by atoms with van der Waals surface area (Å²) in [4.78, 5) is 11.8. The van der Waals surface area contributed by atoms with E-state index in [2.05, 4.69) is 15.9 Å². The van der Waals surface area contributed by atoms with Crippen LogP contribution in [0.25, 0.3) is 0 Å². The van der Waals surface area contributed by atoms with Gasteiger partial charge in [0.2, 0.25) is 0 Å². The molecule has 0 amide bonds. The van der Waals surface area contributed by atoms with E-state index in [0.29, 0.717) is 17.5 Å². The van der Waals surface area contributed by atoms with Crippen LogP contribution < -0.4 is 4.74 Å². The summed E-state index contributed by atoms with van der Waals surface area (Å²) in [6, 6.07) is 14.0. The number of carbonyl (C=O) groups excluding carboxylic acids is 1. The number of hydrogen-bond donors (Lipinski definition) is 0. The number of ketones is 1. The molecule has 4 heteroatoms. The molecule has 2 rings (SSSR count). The number of carbonyl (C=O) groups is 1. The van der Waals surface area contributed by atoms with E-state index in [4.69, 9.17) is 4.74 Å². The van der Waals surface area contributed by atoms with E-state index in [1.165, 1.54) is 6.07 Å². The Labute approximate surface area is 125 Å². The highest BCUT2D eigenvalue weighted by molar-refractivity contribution is 9.10. The van der Waals surface area contributed by atoms with Gasteiger partial charge in [0.25, 0.3) is 0 Å². The van der Waals surface area contributed by atoms with E-state index < -0.39 is 0 Å². The molecule has 0 fully saturated rings. The second-order valence-electron chi connectivity index (χ2n) is 4.38. The van der Waals surface area contributed by atoms with Crippen molar-refractivity contribution >= 4 is 21.7 Å². The van der Waals surface area contributed by atoms with E-state index in [-0.39, 0.29) is 18.0 Å². The van der Waals surface area contributed by atoms with Gasteiger partial charge >= 0.3 is 0 Å². The second kappa shape index (κ2) is 7.20. The van der Waals surface area contributed by atoms with Crippen LogP contribution in [0.4, 0.5) is 4.39 Å². The molecule has 0 aliphatic rings. The molecule has 2 aromatic rings. The average Bonchev–Trinajstić information content (AvgIpc) is 2.44. The topological polar surface area (TPSA) is 26.3 Å². The van der Waals surface area contributed by atoms with E-state index >= 15 is 0 Å². The van der Waals surface area contributed by atoms with Crippen molar-refractivity contribution in [3.63, 3.8) is 0 Å². The van der Waals surface area contributed by atoms with Gasteiger partial charge in [-0.05, 0) is 45.8 Å². The highest BCUT2D eigenvalue weighted by Crippen LogP contribution is 2.17. The molecule has 0 spiro atoms. The summed E-state index contributed by atoms with van der Waals surface area (Å²) in [5, 5.41) is 0. The summed E-state index contributed by atoms with van der Waals surface area (Å²) in [7, 11) is 0. The number of hydrogen-bond acceptors (Lipinski definition) is 2. The maximum Gasteiger partial charge on any atom is 0.140 e. The van der Waals surface area contributed by atoms with E-state index in [1.54, 1.807) is 12.1 Å². The van der Waals surface area contributed by atoms with E-state index in [1.807, 2.05) is 30.3 Å². The lowest BCUT2D eigenvalue weighted by Gasteiger charge is -2.06. The third-order valence-electron chi connectivity index (χ3n) is 2.78. The standard InChI is InChI=1S/C16H14BrFO2/c17-15-11-12(6-7-16(15)18)10-13(19)8-9-20-14-4-2-1-3-5-14/h1-7,11H,8-10H2. The first-order chi connectivity index (χ1) is 9.65. The smallest absolute Gasteiger partial charge is 0.140 e. The van der Waals surface area contributed by atoms with Gasteiger partial charge in [0.05, 0.1) is 11.1 Å². The minimum absolute atomic E-state index is 0.0689. The summed E-state index contributed by atoms with van der Waals surface area (Å²) in [6.07, 6.45) is 0.626. The van der Waals surface area contributed by atoms with Gasteiger partial charge in [-0.25, -0.2) is 4.39 Å². The zero-order valence-electron chi connectivity index (χ0n) is 10.8. The number of Topliss-reactive ketones (excluding diaryl/α,β-unsaturated/α-hetero) is 1. The van der Waals surface area contributed by atoms with Crippen molar-refractivity contribution in [2.24, 2.45) is 0 Å². The van der Waals surface area contributed by atoms with Crippen molar-refractivity contribution in [3.8, 4) is 5.75 Å². The van der Waals surface area contributed by atoms with Crippen molar-refractivity contribution in [3.05, 3.63) is 64.4 Å². The van der Waals surface area contributed by atoms with Crippen LogP contribution in [0.3, 0.4) is 0 Å². The molecule has 20 heavy (non-hydrogen) atoms. The first kappa shape index (κ1) is 14.7. The Morgan fingerprint density at radius 2 is 1.90 bits per heavy atom. The summed E-state index contributed by atoms with van der Waals surface area (Å²) < 4.78 is 18.9. The largest absolute Gasteiger partial charge is 0.493 e. The lowest BCUT2D eigenvalue weighted by atomic mass is 10.1. The van der Waals surface area contributed by atoms with Crippen LogP contribution in [0.2, 0.25) is 0 Å². The van der Waals surface area contributed by atoms with Gasteiger partial charge < -0.3 is 4.74 Å². The molecule has 0 saturated carbocycles. The molecule has 0 unspecified atom stereocenters. The molecule has 0 atom stereocenters. The van der Waals surface area contributed by atoms with Gasteiger partial charge in [-0.3, -0.25) is 4.79 Å². The van der Waals surface area contributed by atoms with Gasteiger partial charge in [-0.2, -0.15) is 0 Å². The summed E-state index contributed by atoms with van der Waals surface area (Å²) >= 11 is 3.11. The monoisotopic (exact) mass is 336 g/mol. The van der Waals surface area contributed by atoms with Crippen molar-refractivity contribution in [2.75, 3.05) is 6.61 Å². The third kappa shape index (κ3) is 4.46. The number of ether oxygens (including phenoxy) is 1. The van der Waals surface area contributed by atoms with Crippen molar-refractivity contribution < 1.29 is 13.9 Å². The average molecular weight is 337 g/mol. The predicted octanol–water partition coefficient (Wildman–Crippen LogP) is 4.17. The molecule has 0 aliphatic heterocycles.